The Balaban J connectivity index is 1.82. The molecule has 0 amide bonds. The first-order valence-electron chi connectivity index (χ1n) is 10.7. The molecule has 0 bridgehead atoms. The van der Waals surface area contributed by atoms with E-state index in [4.69, 9.17) is 9.47 Å². The maximum atomic E-state index is 13.8. The molecular weight excluding hydrogens is 432 g/mol. The number of hydrogen-bond acceptors (Lipinski definition) is 5. The van der Waals surface area contributed by atoms with Gasteiger partial charge in [-0.05, 0) is 53.6 Å². The minimum Gasteiger partial charge on any atom is -0.497 e. The van der Waals surface area contributed by atoms with E-state index < -0.39 is 0 Å². The van der Waals surface area contributed by atoms with Crippen molar-refractivity contribution < 1.29 is 9.47 Å². The molecule has 0 aliphatic rings. The molecule has 2 aromatic carbocycles. The number of aromatic amines is 1. The molecule has 5 aromatic rings. The fourth-order valence-electron chi connectivity index (χ4n) is 4.10. The second kappa shape index (κ2) is 8.74. The molecule has 3 aromatic heterocycles. The molecule has 0 atom stereocenters. The highest BCUT2D eigenvalue weighted by Crippen LogP contribution is 2.29. The summed E-state index contributed by atoms with van der Waals surface area (Å²) in [5.74, 6) is 1.21. The Kier molecular flexibility index (Phi) is 5.47. The van der Waals surface area contributed by atoms with Crippen molar-refractivity contribution >= 4 is 10.9 Å². The number of benzene rings is 2. The number of H-pyrrole nitrogens is 1. The molecule has 0 radical (unpaired) electrons. The SMILES string of the molecule is COc1ccc(-c2c3c(=O)n(-c4ccccc4OC)[nH]c3cc(=O)n2Cc2cccnc2)cc1. The number of pyridine rings is 2. The summed E-state index contributed by atoms with van der Waals surface area (Å²) < 4.78 is 13.7. The molecular formula is C26H22N4O4. The smallest absolute Gasteiger partial charge is 0.281 e. The highest BCUT2D eigenvalue weighted by molar-refractivity contribution is 5.92. The van der Waals surface area contributed by atoms with Crippen molar-refractivity contribution in [1.29, 1.82) is 0 Å². The van der Waals surface area contributed by atoms with Gasteiger partial charge in [-0.1, -0.05) is 18.2 Å². The van der Waals surface area contributed by atoms with Crippen molar-refractivity contribution in [3.63, 3.8) is 0 Å². The predicted molar refractivity (Wildman–Crippen MR) is 130 cm³/mol. The first-order chi connectivity index (χ1) is 16.6. The Morgan fingerprint density at radius 1 is 0.941 bits per heavy atom. The van der Waals surface area contributed by atoms with Gasteiger partial charge in [0.1, 0.15) is 17.2 Å². The molecule has 3 heterocycles. The summed E-state index contributed by atoms with van der Waals surface area (Å²) in [6, 6.07) is 19.7. The second-order valence-corrected chi connectivity index (χ2v) is 7.72. The number of rotatable bonds is 6. The molecule has 0 aliphatic heterocycles. The zero-order valence-electron chi connectivity index (χ0n) is 18.7. The lowest BCUT2D eigenvalue weighted by molar-refractivity contribution is 0.411. The fraction of sp³-hybridized carbons (Fsp3) is 0.115. The van der Waals surface area contributed by atoms with Gasteiger partial charge in [0.15, 0.2) is 0 Å². The van der Waals surface area contributed by atoms with Crippen molar-refractivity contribution in [2.45, 2.75) is 6.54 Å². The number of methoxy groups -OCH3 is 2. The number of nitrogens with zero attached hydrogens (tertiary/aromatic N) is 3. The number of aromatic nitrogens is 4. The van der Waals surface area contributed by atoms with Gasteiger partial charge < -0.3 is 14.0 Å². The average molecular weight is 454 g/mol. The van der Waals surface area contributed by atoms with E-state index in [1.807, 2.05) is 36.4 Å². The standard InChI is InChI=1S/C26H22N4O4/c1-33-19-11-9-18(10-12-19)25-24-20(14-23(31)29(25)16-17-6-5-13-27-15-17)28-30(26(24)32)21-7-3-4-8-22(21)34-2/h3-15,28H,16H2,1-2H3. The van der Waals surface area contributed by atoms with Gasteiger partial charge in [-0.25, -0.2) is 4.68 Å². The molecule has 1 N–H and O–H groups in total. The van der Waals surface area contributed by atoms with Crippen molar-refractivity contribution in [2.75, 3.05) is 14.2 Å². The Hall–Kier alpha value is -4.59. The highest BCUT2D eigenvalue weighted by Gasteiger charge is 2.20. The van der Waals surface area contributed by atoms with Crippen LogP contribution < -0.4 is 20.6 Å². The predicted octanol–water partition coefficient (Wildman–Crippen LogP) is 3.61. The molecule has 0 aliphatic carbocycles. The van der Waals surface area contributed by atoms with Gasteiger partial charge in [-0.15, -0.1) is 0 Å². The molecule has 34 heavy (non-hydrogen) atoms. The fourth-order valence-corrected chi connectivity index (χ4v) is 4.10. The maximum Gasteiger partial charge on any atom is 0.281 e. The topological polar surface area (TPSA) is 91.1 Å². The van der Waals surface area contributed by atoms with Crippen LogP contribution in [0.3, 0.4) is 0 Å². The Morgan fingerprint density at radius 2 is 1.74 bits per heavy atom. The third-order valence-corrected chi connectivity index (χ3v) is 5.71. The molecule has 170 valence electrons. The van der Waals surface area contributed by atoms with Gasteiger partial charge >= 0.3 is 0 Å². The molecule has 5 rings (SSSR count). The summed E-state index contributed by atoms with van der Waals surface area (Å²) in [6.45, 7) is 0.267. The van der Waals surface area contributed by atoms with Crippen LogP contribution in [-0.2, 0) is 6.54 Å². The lowest BCUT2D eigenvalue weighted by Crippen LogP contribution is -2.23. The number of hydrogen-bond donors (Lipinski definition) is 1. The molecule has 0 fully saturated rings. The van der Waals surface area contributed by atoms with E-state index in [0.717, 1.165) is 11.1 Å². The Labute approximate surface area is 194 Å². The number of ether oxygens (including phenoxy) is 2. The van der Waals surface area contributed by atoms with E-state index in [1.54, 1.807) is 55.4 Å². The van der Waals surface area contributed by atoms with Gasteiger partial charge in [0.2, 0.25) is 0 Å². The van der Waals surface area contributed by atoms with E-state index in [2.05, 4.69) is 10.1 Å². The van der Waals surface area contributed by atoms with Crippen LogP contribution in [0.25, 0.3) is 27.8 Å². The maximum absolute atomic E-state index is 13.8. The van der Waals surface area contributed by atoms with Crippen LogP contribution in [0, 0.1) is 0 Å². The Bertz CT molecular complexity index is 1580. The minimum absolute atomic E-state index is 0.240. The van der Waals surface area contributed by atoms with Gasteiger partial charge in [0, 0.05) is 18.5 Å². The van der Waals surface area contributed by atoms with Crippen LogP contribution in [0.1, 0.15) is 5.56 Å². The Morgan fingerprint density at radius 3 is 2.44 bits per heavy atom. The minimum atomic E-state index is -0.287. The zero-order chi connectivity index (χ0) is 23.7. The third-order valence-electron chi connectivity index (χ3n) is 5.71. The molecule has 8 nitrogen and oxygen atoms in total. The van der Waals surface area contributed by atoms with Crippen LogP contribution >= 0.6 is 0 Å². The molecule has 0 spiro atoms. The number of fused-ring (bicyclic) bond motifs is 1. The van der Waals surface area contributed by atoms with Crippen LogP contribution in [0.2, 0.25) is 0 Å². The van der Waals surface area contributed by atoms with Gasteiger partial charge in [0.25, 0.3) is 11.1 Å². The van der Waals surface area contributed by atoms with Crippen LogP contribution in [-0.4, -0.2) is 33.6 Å². The lowest BCUT2D eigenvalue weighted by Gasteiger charge is -2.14. The highest BCUT2D eigenvalue weighted by atomic mass is 16.5. The second-order valence-electron chi connectivity index (χ2n) is 7.72. The monoisotopic (exact) mass is 454 g/mol. The van der Waals surface area contributed by atoms with Crippen molar-refractivity contribution in [2.24, 2.45) is 0 Å². The van der Waals surface area contributed by atoms with Crippen LogP contribution in [0.5, 0.6) is 11.5 Å². The molecule has 0 unspecified atom stereocenters. The summed E-state index contributed by atoms with van der Waals surface area (Å²) in [4.78, 5) is 31.2. The van der Waals surface area contributed by atoms with Crippen LogP contribution in [0.15, 0.2) is 88.7 Å². The molecule has 8 heteroatoms. The normalized spacial score (nSPS) is 11.0. The van der Waals surface area contributed by atoms with Crippen molar-refractivity contribution in [3.8, 4) is 28.4 Å². The van der Waals surface area contributed by atoms with Crippen LogP contribution in [0.4, 0.5) is 0 Å². The first kappa shape index (κ1) is 21.3. The summed E-state index contributed by atoms with van der Waals surface area (Å²) in [6.07, 6.45) is 3.39. The summed E-state index contributed by atoms with van der Waals surface area (Å²) >= 11 is 0. The van der Waals surface area contributed by atoms with E-state index in [1.165, 1.54) is 10.7 Å². The summed E-state index contributed by atoms with van der Waals surface area (Å²) in [5.41, 5.74) is 2.55. The lowest BCUT2D eigenvalue weighted by atomic mass is 10.1. The van der Waals surface area contributed by atoms with Gasteiger partial charge in [-0.3, -0.25) is 19.7 Å². The molecule has 0 saturated heterocycles. The van der Waals surface area contributed by atoms with E-state index in [9.17, 15) is 9.59 Å². The summed E-state index contributed by atoms with van der Waals surface area (Å²) in [5, 5.41) is 3.50. The largest absolute Gasteiger partial charge is 0.497 e. The van der Waals surface area contributed by atoms with Crippen molar-refractivity contribution in [3.05, 3.63) is 105 Å². The van der Waals surface area contributed by atoms with Gasteiger partial charge in [-0.2, -0.15) is 0 Å². The van der Waals surface area contributed by atoms with Crippen molar-refractivity contribution in [1.82, 2.24) is 19.3 Å². The average Bonchev–Trinajstić information content (AvgIpc) is 3.20. The first-order valence-corrected chi connectivity index (χ1v) is 10.7. The number of nitrogens with one attached hydrogen (secondary N) is 1. The van der Waals surface area contributed by atoms with E-state index in [-0.39, 0.29) is 17.7 Å². The molecule has 0 saturated carbocycles. The summed E-state index contributed by atoms with van der Waals surface area (Å²) in [7, 11) is 3.14. The quantitative estimate of drug-likeness (QED) is 0.423. The van der Waals surface area contributed by atoms with E-state index in [0.29, 0.717) is 33.8 Å². The van der Waals surface area contributed by atoms with E-state index >= 15 is 0 Å². The zero-order valence-corrected chi connectivity index (χ0v) is 18.7. The number of para-hydroxylation sites is 2. The van der Waals surface area contributed by atoms with Gasteiger partial charge in [0.05, 0.1) is 37.4 Å². The third kappa shape index (κ3) is 3.65.